The van der Waals surface area contributed by atoms with Crippen LogP contribution < -0.4 is 4.90 Å². The van der Waals surface area contributed by atoms with E-state index in [1.54, 1.807) is 6.08 Å². The number of hydrogen-bond donors (Lipinski definition) is 0. The van der Waals surface area contributed by atoms with Crippen LogP contribution in [0.5, 0.6) is 0 Å². The minimum atomic E-state index is -0.202. The minimum absolute atomic E-state index is 0.151. The number of allylic oxidation sites excluding steroid dienone is 1. The number of benzene rings is 5. The number of anilines is 3. The van der Waals surface area contributed by atoms with Crippen LogP contribution in [-0.4, -0.2) is 26.1 Å². The normalized spacial score (nSPS) is 12.8. The van der Waals surface area contributed by atoms with Crippen LogP contribution in [0.4, 0.5) is 15.9 Å². The fraction of sp³-hybridized carbons (Fsp3) is 0.0286. The predicted molar refractivity (Wildman–Crippen MR) is 166 cm³/mol. The third kappa shape index (κ3) is 4.13. The number of nitrogens with zero attached hydrogens (tertiary/aromatic N) is 1. The third-order valence-electron chi connectivity index (χ3n) is 7.41. The van der Waals surface area contributed by atoms with Crippen LogP contribution in [0, 0.1) is 6.92 Å². The van der Waals surface area contributed by atoms with Crippen molar-refractivity contribution in [3.8, 4) is 0 Å². The number of fused-ring (bicyclic) bond motifs is 3. The molecule has 5 heteroatoms. The predicted octanol–water partition coefficient (Wildman–Crippen LogP) is 8.94. The molecule has 0 bridgehead atoms. The molecule has 5 aromatic carbocycles. The van der Waals surface area contributed by atoms with E-state index in [2.05, 4.69) is 60.4 Å². The summed E-state index contributed by atoms with van der Waals surface area (Å²) < 4.78 is 2.07. The Labute approximate surface area is 242 Å². The van der Waals surface area contributed by atoms with E-state index in [4.69, 9.17) is 11.6 Å². The molecule has 0 radical (unpaired) electrons. The summed E-state index contributed by atoms with van der Waals surface area (Å²) in [5, 5.41) is 4.92. The maximum absolute atomic E-state index is 13.4. The third-order valence-corrected chi connectivity index (χ3v) is 9.78. The van der Waals surface area contributed by atoms with E-state index in [1.165, 1.54) is 10.9 Å². The Balaban J connectivity index is 1.33. The average Bonchev–Trinajstić information content (AvgIpc) is 3.52. The Morgan fingerprint density at radius 2 is 1.38 bits per heavy atom. The van der Waals surface area contributed by atoms with Gasteiger partial charge in [0, 0.05) is 0 Å². The zero-order valence-electron chi connectivity index (χ0n) is 21.5. The van der Waals surface area contributed by atoms with Crippen molar-refractivity contribution in [1.82, 2.24) is 0 Å². The molecule has 1 heterocycles. The topological polar surface area (TPSA) is 37.4 Å². The molecule has 1 aromatic heterocycles. The first-order valence-corrected chi connectivity index (χ1v) is 15.0. The van der Waals surface area contributed by atoms with E-state index < -0.39 is 0 Å². The number of aryl methyl sites for hydroxylation is 1. The van der Waals surface area contributed by atoms with Crippen molar-refractivity contribution in [2.75, 3.05) is 4.90 Å². The summed E-state index contributed by atoms with van der Waals surface area (Å²) in [7, 11) is 0. The van der Waals surface area contributed by atoms with Gasteiger partial charge in [0.05, 0.1) is 0 Å². The van der Waals surface area contributed by atoms with Gasteiger partial charge in [0.15, 0.2) is 0 Å². The van der Waals surface area contributed by atoms with E-state index >= 15 is 0 Å². The van der Waals surface area contributed by atoms with Crippen LogP contribution in [0.15, 0.2) is 115 Å². The molecule has 3 nitrogen and oxygen atoms in total. The molecule has 40 heavy (non-hydrogen) atoms. The molecular formula is C35H22ClNO2Se. The van der Waals surface area contributed by atoms with Crippen molar-refractivity contribution in [2.24, 2.45) is 0 Å². The molecule has 0 fully saturated rings. The van der Waals surface area contributed by atoms with E-state index in [-0.39, 0.29) is 31.6 Å². The molecule has 0 amide bonds. The van der Waals surface area contributed by atoms with Gasteiger partial charge in [0.1, 0.15) is 0 Å². The van der Waals surface area contributed by atoms with Crippen molar-refractivity contribution < 1.29 is 9.59 Å². The van der Waals surface area contributed by atoms with Crippen LogP contribution in [0.25, 0.3) is 27.6 Å². The van der Waals surface area contributed by atoms with Crippen LogP contribution in [0.3, 0.4) is 0 Å². The summed E-state index contributed by atoms with van der Waals surface area (Å²) in [6.07, 6.45) is 1.79. The van der Waals surface area contributed by atoms with E-state index in [0.29, 0.717) is 16.1 Å². The van der Waals surface area contributed by atoms with Gasteiger partial charge in [-0.2, -0.15) is 0 Å². The molecule has 0 unspecified atom stereocenters. The second-order valence-corrected chi connectivity index (χ2v) is 12.6. The van der Waals surface area contributed by atoms with Gasteiger partial charge in [0.25, 0.3) is 0 Å². The molecule has 0 spiro atoms. The van der Waals surface area contributed by atoms with Crippen molar-refractivity contribution in [1.29, 1.82) is 0 Å². The molecule has 0 saturated heterocycles. The van der Waals surface area contributed by atoms with Crippen LogP contribution in [0.2, 0.25) is 5.02 Å². The summed E-state index contributed by atoms with van der Waals surface area (Å²) >= 11 is 6.29. The van der Waals surface area contributed by atoms with Gasteiger partial charge in [0.2, 0.25) is 0 Å². The molecule has 0 saturated carbocycles. The van der Waals surface area contributed by atoms with Crippen LogP contribution in [0.1, 0.15) is 30.7 Å². The van der Waals surface area contributed by atoms with E-state index in [0.717, 1.165) is 36.5 Å². The Kier molecular flexibility index (Phi) is 6.05. The number of carbonyl (C=O) groups excluding carboxylic acids is 2. The number of hydrogen-bond acceptors (Lipinski definition) is 3. The molecule has 7 rings (SSSR count). The van der Waals surface area contributed by atoms with Gasteiger partial charge in [-0.3, -0.25) is 0 Å². The number of rotatable bonds is 4. The summed E-state index contributed by atoms with van der Waals surface area (Å²) in [6, 6.07) is 36.2. The van der Waals surface area contributed by atoms with Gasteiger partial charge >= 0.3 is 244 Å². The molecule has 0 aliphatic heterocycles. The summed E-state index contributed by atoms with van der Waals surface area (Å²) in [5.41, 5.74) is 4.45. The summed E-state index contributed by atoms with van der Waals surface area (Å²) in [6.45, 7) is 2.12. The monoisotopic (exact) mass is 603 g/mol. The van der Waals surface area contributed by atoms with Crippen LogP contribution >= 0.6 is 11.6 Å². The second kappa shape index (κ2) is 9.76. The number of Topliss-reactive ketones (excluding diaryl/α,β-unsaturated/α-hetero) is 2. The molecular weight excluding hydrogens is 581 g/mol. The van der Waals surface area contributed by atoms with Gasteiger partial charge in [-0.05, 0) is 0 Å². The zero-order valence-corrected chi connectivity index (χ0v) is 24.0. The maximum atomic E-state index is 13.4. The number of ketones is 2. The van der Waals surface area contributed by atoms with Crippen molar-refractivity contribution in [2.45, 2.75) is 6.92 Å². The molecule has 1 aliphatic rings. The fourth-order valence-electron chi connectivity index (χ4n) is 5.45. The summed E-state index contributed by atoms with van der Waals surface area (Å²) in [5.74, 6) is -0.403. The standard InChI is InChI=1S/C35H22ClNO2Se/c1-21-13-15-32(28-12-5-4-11-27(21)28)37(25-10-6-9-24(36)19-25)33-16-14-26(40-33)20-31-34(38)29-17-22-7-2-3-8-23(22)18-30(29)35(31)39/h2-20H,1H3. The average molecular weight is 603 g/mol. The van der Waals surface area contributed by atoms with Crippen molar-refractivity contribution in [3.05, 3.63) is 141 Å². The second-order valence-electron chi connectivity index (χ2n) is 9.90. The molecule has 6 aromatic rings. The Morgan fingerprint density at radius 1 is 0.700 bits per heavy atom. The first-order chi connectivity index (χ1) is 19.5. The Hall–Kier alpha value is -4.21. The summed E-state index contributed by atoms with van der Waals surface area (Å²) in [4.78, 5) is 29.0. The molecule has 192 valence electrons. The zero-order chi connectivity index (χ0) is 27.4. The van der Waals surface area contributed by atoms with Crippen molar-refractivity contribution >= 4 is 81.2 Å². The fourth-order valence-corrected chi connectivity index (χ4v) is 7.70. The molecule has 0 atom stereocenters. The van der Waals surface area contributed by atoms with E-state index in [9.17, 15) is 9.59 Å². The van der Waals surface area contributed by atoms with Crippen molar-refractivity contribution in [3.63, 3.8) is 0 Å². The molecule has 1 aliphatic carbocycles. The van der Waals surface area contributed by atoms with Gasteiger partial charge in [-0.15, -0.1) is 0 Å². The van der Waals surface area contributed by atoms with Gasteiger partial charge in [-0.1, -0.05) is 0 Å². The first kappa shape index (κ1) is 24.8. The van der Waals surface area contributed by atoms with Gasteiger partial charge < -0.3 is 0 Å². The van der Waals surface area contributed by atoms with E-state index in [1.807, 2.05) is 60.7 Å². The SMILES string of the molecule is Cc1ccc(N(c2cccc(Cl)c2)c2ccc(C=C3C(=O)c4cc5ccccc5cc4C3=O)[se]2)c2ccccc12. The quantitative estimate of drug-likeness (QED) is 0.115. The molecule has 0 N–H and O–H groups in total. The number of halogens is 1. The first-order valence-electron chi connectivity index (χ1n) is 13.0. The Morgan fingerprint density at radius 3 is 2.08 bits per heavy atom. The van der Waals surface area contributed by atoms with Crippen LogP contribution in [-0.2, 0) is 0 Å². The Bertz CT molecular complexity index is 1980. The van der Waals surface area contributed by atoms with Gasteiger partial charge in [-0.25, -0.2) is 0 Å². The number of carbonyl (C=O) groups is 2.